The normalized spacial score (nSPS) is 20.9. The van der Waals surface area contributed by atoms with E-state index >= 15 is 0 Å². The van der Waals surface area contributed by atoms with Crippen LogP contribution in [-0.2, 0) is 4.79 Å². The Kier molecular flexibility index (Phi) is 3.66. The van der Waals surface area contributed by atoms with E-state index in [-0.39, 0.29) is 17.9 Å². The summed E-state index contributed by atoms with van der Waals surface area (Å²) in [5.41, 5.74) is 6.96. The Bertz CT molecular complexity index is 643. The van der Waals surface area contributed by atoms with Crippen LogP contribution in [0.1, 0.15) is 22.0 Å². The van der Waals surface area contributed by atoms with Crippen LogP contribution in [0.15, 0.2) is 60.7 Å². The summed E-state index contributed by atoms with van der Waals surface area (Å²) in [4.78, 5) is 24.1. The van der Waals surface area contributed by atoms with Crippen molar-refractivity contribution >= 4 is 11.8 Å². The van der Waals surface area contributed by atoms with Crippen LogP contribution in [0.2, 0.25) is 0 Å². The molecule has 0 aromatic heterocycles. The molecule has 5 nitrogen and oxygen atoms in total. The molecule has 2 aromatic carbocycles. The summed E-state index contributed by atoms with van der Waals surface area (Å²) in [6.07, 6.45) is 0. The number of hydrogen-bond acceptors (Lipinski definition) is 3. The van der Waals surface area contributed by atoms with Gasteiger partial charge in [0.15, 0.2) is 0 Å². The molecular weight excluding hydrogens is 266 g/mol. The van der Waals surface area contributed by atoms with Gasteiger partial charge >= 0.3 is 0 Å². The number of carbonyl (C=O) groups excluding carboxylic acids is 2. The Balaban J connectivity index is 1.79. The number of carbonyl (C=O) groups is 2. The number of hydrazine groups is 1. The van der Waals surface area contributed by atoms with Crippen molar-refractivity contribution in [1.82, 2.24) is 16.2 Å². The van der Waals surface area contributed by atoms with E-state index in [9.17, 15) is 9.59 Å². The van der Waals surface area contributed by atoms with Gasteiger partial charge in [0.05, 0.1) is 6.04 Å². The predicted molar refractivity (Wildman–Crippen MR) is 78.2 cm³/mol. The van der Waals surface area contributed by atoms with E-state index in [4.69, 9.17) is 0 Å². The van der Waals surface area contributed by atoms with Crippen molar-refractivity contribution in [1.29, 1.82) is 0 Å². The molecule has 5 heteroatoms. The molecule has 1 aliphatic heterocycles. The third kappa shape index (κ3) is 2.78. The van der Waals surface area contributed by atoms with Crippen molar-refractivity contribution in [3.8, 4) is 0 Å². The van der Waals surface area contributed by atoms with Gasteiger partial charge in [-0.2, -0.15) is 0 Å². The second-order valence-corrected chi connectivity index (χ2v) is 4.84. The average Bonchev–Trinajstić information content (AvgIpc) is 2.90. The average molecular weight is 281 g/mol. The van der Waals surface area contributed by atoms with E-state index in [0.29, 0.717) is 5.56 Å². The summed E-state index contributed by atoms with van der Waals surface area (Å²) < 4.78 is 0. The molecule has 0 spiro atoms. The summed E-state index contributed by atoms with van der Waals surface area (Å²) in [5, 5.41) is 2.78. The van der Waals surface area contributed by atoms with Crippen LogP contribution in [0.5, 0.6) is 0 Å². The second kappa shape index (κ2) is 5.76. The summed E-state index contributed by atoms with van der Waals surface area (Å²) in [6, 6.07) is 17.5. The van der Waals surface area contributed by atoms with Gasteiger partial charge in [-0.05, 0) is 17.7 Å². The lowest BCUT2D eigenvalue weighted by atomic mass is 10.0. The van der Waals surface area contributed by atoms with Gasteiger partial charge < -0.3 is 5.32 Å². The Hall–Kier alpha value is -2.66. The molecule has 0 aliphatic carbocycles. The summed E-state index contributed by atoms with van der Waals surface area (Å²) >= 11 is 0. The minimum Gasteiger partial charge on any atom is -0.338 e. The van der Waals surface area contributed by atoms with E-state index < -0.39 is 6.04 Å². The number of amides is 2. The molecule has 106 valence electrons. The molecule has 0 radical (unpaired) electrons. The molecule has 2 amide bonds. The molecule has 1 saturated heterocycles. The van der Waals surface area contributed by atoms with Gasteiger partial charge in [-0.15, -0.1) is 0 Å². The lowest BCUT2D eigenvalue weighted by molar-refractivity contribution is -0.121. The molecule has 1 fully saturated rings. The number of benzene rings is 2. The smallest absolute Gasteiger partial charge is 0.258 e. The van der Waals surface area contributed by atoms with Gasteiger partial charge in [-0.25, -0.2) is 5.43 Å². The first-order chi connectivity index (χ1) is 10.3. The Morgan fingerprint density at radius 1 is 0.952 bits per heavy atom. The van der Waals surface area contributed by atoms with Crippen molar-refractivity contribution in [3.63, 3.8) is 0 Å². The number of rotatable bonds is 3. The molecule has 2 aromatic rings. The summed E-state index contributed by atoms with van der Waals surface area (Å²) in [6.45, 7) is 0. The third-order valence-corrected chi connectivity index (χ3v) is 3.45. The van der Waals surface area contributed by atoms with Crippen molar-refractivity contribution in [2.75, 3.05) is 0 Å². The quantitative estimate of drug-likeness (QED) is 0.790. The second-order valence-electron chi connectivity index (χ2n) is 4.84. The minimum absolute atomic E-state index is 0.242. The highest BCUT2D eigenvalue weighted by Crippen LogP contribution is 2.20. The third-order valence-electron chi connectivity index (χ3n) is 3.45. The van der Waals surface area contributed by atoms with E-state index in [1.807, 2.05) is 36.4 Å². The van der Waals surface area contributed by atoms with E-state index in [2.05, 4.69) is 16.2 Å². The van der Waals surface area contributed by atoms with Crippen LogP contribution in [0.4, 0.5) is 0 Å². The van der Waals surface area contributed by atoms with Crippen molar-refractivity contribution < 1.29 is 9.59 Å². The lowest BCUT2D eigenvalue weighted by Gasteiger charge is -2.18. The Morgan fingerprint density at radius 3 is 2.24 bits per heavy atom. The van der Waals surface area contributed by atoms with Crippen LogP contribution in [0, 0.1) is 0 Å². The van der Waals surface area contributed by atoms with Crippen molar-refractivity contribution in [2.24, 2.45) is 0 Å². The van der Waals surface area contributed by atoms with Gasteiger partial charge in [-0.3, -0.25) is 15.0 Å². The van der Waals surface area contributed by atoms with Crippen LogP contribution in [0.25, 0.3) is 0 Å². The summed E-state index contributed by atoms with van der Waals surface area (Å²) in [7, 11) is 0. The van der Waals surface area contributed by atoms with Gasteiger partial charge in [0.1, 0.15) is 6.04 Å². The zero-order chi connectivity index (χ0) is 14.7. The molecule has 1 aliphatic rings. The minimum atomic E-state index is -0.639. The van der Waals surface area contributed by atoms with Crippen molar-refractivity contribution in [3.05, 3.63) is 71.8 Å². The van der Waals surface area contributed by atoms with E-state index in [1.165, 1.54) is 0 Å². The zero-order valence-electron chi connectivity index (χ0n) is 11.2. The fraction of sp³-hybridized carbons (Fsp3) is 0.125. The van der Waals surface area contributed by atoms with Gasteiger partial charge in [-0.1, -0.05) is 48.5 Å². The lowest BCUT2D eigenvalue weighted by Crippen LogP contribution is -2.42. The monoisotopic (exact) mass is 281 g/mol. The highest BCUT2D eigenvalue weighted by Gasteiger charge is 2.36. The van der Waals surface area contributed by atoms with Gasteiger partial charge in [0.25, 0.3) is 11.8 Å². The fourth-order valence-corrected chi connectivity index (χ4v) is 2.36. The SMILES string of the molecule is O=C(N[C@H]1C(=O)NN[C@H]1c1ccccc1)c1ccccc1. The van der Waals surface area contributed by atoms with Crippen LogP contribution < -0.4 is 16.2 Å². The number of hydrogen-bond donors (Lipinski definition) is 3. The Labute approximate surface area is 122 Å². The molecule has 2 atom stereocenters. The van der Waals surface area contributed by atoms with E-state index in [0.717, 1.165) is 5.56 Å². The van der Waals surface area contributed by atoms with Gasteiger partial charge in [0.2, 0.25) is 0 Å². The largest absolute Gasteiger partial charge is 0.338 e. The summed E-state index contributed by atoms with van der Waals surface area (Å²) in [5.74, 6) is -0.506. The van der Waals surface area contributed by atoms with Crippen molar-refractivity contribution in [2.45, 2.75) is 12.1 Å². The molecule has 3 rings (SSSR count). The fourth-order valence-electron chi connectivity index (χ4n) is 2.36. The highest BCUT2D eigenvalue weighted by molar-refractivity contribution is 5.98. The molecule has 21 heavy (non-hydrogen) atoms. The maximum absolute atomic E-state index is 12.2. The first kappa shape index (κ1) is 13.3. The van der Waals surface area contributed by atoms with Crippen LogP contribution >= 0.6 is 0 Å². The first-order valence-electron chi connectivity index (χ1n) is 6.72. The zero-order valence-corrected chi connectivity index (χ0v) is 11.2. The standard InChI is InChI=1S/C16H15N3O2/c20-15(12-9-5-2-6-10-12)17-14-13(18-19-16(14)21)11-7-3-1-4-8-11/h1-10,13-14,18H,(H,17,20)(H,19,21)/t13-,14+/m0/s1. The molecule has 0 bridgehead atoms. The maximum Gasteiger partial charge on any atom is 0.258 e. The molecular formula is C16H15N3O2. The predicted octanol–water partition coefficient (Wildman–Crippen LogP) is 1.16. The van der Waals surface area contributed by atoms with Crippen LogP contribution in [-0.4, -0.2) is 17.9 Å². The molecule has 0 unspecified atom stereocenters. The maximum atomic E-state index is 12.2. The topological polar surface area (TPSA) is 70.2 Å². The van der Waals surface area contributed by atoms with Crippen LogP contribution in [0.3, 0.4) is 0 Å². The number of nitrogens with one attached hydrogen (secondary N) is 3. The molecule has 1 heterocycles. The van der Waals surface area contributed by atoms with E-state index in [1.54, 1.807) is 24.3 Å². The van der Waals surface area contributed by atoms with Gasteiger partial charge in [0, 0.05) is 5.56 Å². The first-order valence-corrected chi connectivity index (χ1v) is 6.72. The molecule has 3 N–H and O–H groups in total. The highest BCUT2D eigenvalue weighted by atomic mass is 16.2. The molecule has 0 saturated carbocycles. The Morgan fingerprint density at radius 2 is 1.57 bits per heavy atom.